The quantitative estimate of drug-likeness (QED) is 0.873. The Labute approximate surface area is 112 Å². The van der Waals surface area contributed by atoms with Crippen LogP contribution in [-0.2, 0) is 10.3 Å². The molecule has 18 heavy (non-hydrogen) atoms. The average molecular weight is 269 g/mol. The molecule has 0 bridgehead atoms. The SMILES string of the molecule is CC(C(=O)O)(c1ccc(Cl)cc1)N1CCNCC1. The third-order valence-corrected chi connectivity index (χ3v) is 3.82. The summed E-state index contributed by atoms with van der Waals surface area (Å²) in [5, 5.41) is 13.5. The average Bonchev–Trinajstić information content (AvgIpc) is 2.39. The van der Waals surface area contributed by atoms with Crippen LogP contribution < -0.4 is 5.32 Å². The molecule has 5 heteroatoms. The molecule has 1 heterocycles. The molecule has 98 valence electrons. The van der Waals surface area contributed by atoms with Crippen molar-refractivity contribution in [2.24, 2.45) is 0 Å². The molecule has 2 rings (SSSR count). The second-order valence-corrected chi connectivity index (χ2v) is 5.06. The number of benzene rings is 1. The second kappa shape index (κ2) is 5.26. The van der Waals surface area contributed by atoms with Crippen LogP contribution in [-0.4, -0.2) is 42.2 Å². The molecule has 0 radical (unpaired) electrons. The smallest absolute Gasteiger partial charge is 0.328 e. The molecule has 0 saturated carbocycles. The Hall–Kier alpha value is -1.10. The van der Waals surface area contributed by atoms with Crippen LogP contribution in [0, 0.1) is 0 Å². The molecule has 1 saturated heterocycles. The fraction of sp³-hybridized carbons (Fsp3) is 0.462. The highest BCUT2D eigenvalue weighted by Gasteiger charge is 2.41. The Kier molecular flexibility index (Phi) is 3.90. The summed E-state index contributed by atoms with van der Waals surface area (Å²) in [4.78, 5) is 13.7. The molecule has 1 aromatic rings. The third-order valence-electron chi connectivity index (χ3n) is 3.57. The largest absolute Gasteiger partial charge is 0.480 e. The molecule has 1 aliphatic rings. The maximum absolute atomic E-state index is 11.7. The number of nitrogens with zero attached hydrogens (tertiary/aromatic N) is 1. The molecular weight excluding hydrogens is 252 g/mol. The van der Waals surface area contributed by atoms with Gasteiger partial charge in [0.15, 0.2) is 0 Å². The molecule has 1 aliphatic heterocycles. The number of carboxylic acid groups (broad SMARTS) is 1. The van der Waals surface area contributed by atoms with Gasteiger partial charge in [-0.2, -0.15) is 0 Å². The summed E-state index contributed by atoms with van der Waals surface area (Å²) in [6.45, 7) is 4.84. The van der Waals surface area contributed by atoms with E-state index in [0.717, 1.165) is 31.7 Å². The van der Waals surface area contributed by atoms with Crippen LogP contribution in [0.15, 0.2) is 24.3 Å². The van der Waals surface area contributed by atoms with Gasteiger partial charge in [0.2, 0.25) is 0 Å². The number of hydrogen-bond donors (Lipinski definition) is 2. The molecule has 0 spiro atoms. The molecule has 0 amide bonds. The maximum Gasteiger partial charge on any atom is 0.328 e. The number of hydrogen-bond acceptors (Lipinski definition) is 3. The first-order chi connectivity index (χ1) is 8.55. The lowest BCUT2D eigenvalue weighted by atomic mass is 9.89. The Morgan fingerprint density at radius 2 is 1.89 bits per heavy atom. The van der Waals surface area contributed by atoms with E-state index in [2.05, 4.69) is 5.32 Å². The summed E-state index contributed by atoms with van der Waals surface area (Å²) in [7, 11) is 0. The van der Waals surface area contributed by atoms with E-state index >= 15 is 0 Å². The standard InChI is InChI=1S/C13H17ClN2O2/c1-13(12(17)18,16-8-6-15-7-9-16)10-2-4-11(14)5-3-10/h2-5,15H,6-9H2,1H3,(H,17,18). The van der Waals surface area contributed by atoms with Gasteiger partial charge in [-0.05, 0) is 24.6 Å². The van der Waals surface area contributed by atoms with E-state index in [-0.39, 0.29) is 0 Å². The van der Waals surface area contributed by atoms with Crippen molar-refractivity contribution in [3.63, 3.8) is 0 Å². The summed E-state index contributed by atoms with van der Waals surface area (Å²) < 4.78 is 0. The van der Waals surface area contributed by atoms with Crippen molar-refractivity contribution in [2.45, 2.75) is 12.5 Å². The summed E-state index contributed by atoms with van der Waals surface area (Å²) in [6, 6.07) is 7.05. The van der Waals surface area contributed by atoms with Crippen LogP contribution in [0.1, 0.15) is 12.5 Å². The number of halogens is 1. The van der Waals surface area contributed by atoms with E-state index < -0.39 is 11.5 Å². The summed E-state index contributed by atoms with van der Waals surface area (Å²) >= 11 is 5.86. The predicted octanol–water partition coefficient (Wildman–Crippen LogP) is 1.54. The van der Waals surface area contributed by atoms with Gasteiger partial charge in [0.1, 0.15) is 5.54 Å². The summed E-state index contributed by atoms with van der Waals surface area (Å²) in [5.41, 5.74) is -0.228. The molecule has 0 aliphatic carbocycles. The Morgan fingerprint density at radius 1 is 1.33 bits per heavy atom. The molecule has 1 fully saturated rings. The van der Waals surface area contributed by atoms with Crippen LogP contribution in [0.5, 0.6) is 0 Å². The molecule has 2 N–H and O–H groups in total. The second-order valence-electron chi connectivity index (χ2n) is 4.62. The van der Waals surface area contributed by atoms with Gasteiger partial charge >= 0.3 is 5.97 Å². The van der Waals surface area contributed by atoms with Crippen LogP contribution in [0.4, 0.5) is 0 Å². The zero-order chi connectivity index (χ0) is 13.2. The van der Waals surface area contributed by atoms with Crippen molar-refractivity contribution < 1.29 is 9.90 Å². The Bertz CT molecular complexity index is 429. The van der Waals surface area contributed by atoms with Gasteiger partial charge in [0, 0.05) is 31.2 Å². The normalized spacial score (nSPS) is 20.3. The van der Waals surface area contributed by atoms with Gasteiger partial charge in [-0.3, -0.25) is 4.90 Å². The Balaban J connectivity index is 2.36. The number of rotatable bonds is 3. The van der Waals surface area contributed by atoms with Gasteiger partial charge in [0.05, 0.1) is 0 Å². The first-order valence-corrected chi connectivity index (χ1v) is 6.38. The number of aliphatic carboxylic acids is 1. The highest BCUT2D eigenvalue weighted by Crippen LogP contribution is 2.29. The van der Waals surface area contributed by atoms with E-state index in [0.29, 0.717) is 5.02 Å². The topological polar surface area (TPSA) is 52.6 Å². The fourth-order valence-electron chi connectivity index (χ4n) is 2.33. The van der Waals surface area contributed by atoms with Gasteiger partial charge in [0.25, 0.3) is 0 Å². The molecular formula is C13H17ClN2O2. The van der Waals surface area contributed by atoms with Crippen molar-refractivity contribution >= 4 is 17.6 Å². The van der Waals surface area contributed by atoms with Crippen LogP contribution in [0.25, 0.3) is 0 Å². The highest BCUT2D eigenvalue weighted by atomic mass is 35.5. The maximum atomic E-state index is 11.7. The number of carboxylic acids is 1. The zero-order valence-electron chi connectivity index (χ0n) is 10.3. The lowest BCUT2D eigenvalue weighted by molar-refractivity contribution is -0.151. The molecule has 4 nitrogen and oxygen atoms in total. The molecule has 0 aromatic heterocycles. The summed E-state index contributed by atoms with van der Waals surface area (Å²) in [6.07, 6.45) is 0. The van der Waals surface area contributed by atoms with Gasteiger partial charge in [-0.25, -0.2) is 4.79 Å². The van der Waals surface area contributed by atoms with Crippen molar-refractivity contribution in [1.82, 2.24) is 10.2 Å². The minimum absolute atomic E-state index is 0.617. The van der Waals surface area contributed by atoms with E-state index in [1.165, 1.54) is 0 Å². The van der Waals surface area contributed by atoms with Crippen LogP contribution >= 0.6 is 11.6 Å². The van der Waals surface area contributed by atoms with Crippen LogP contribution in [0.2, 0.25) is 5.02 Å². The van der Waals surface area contributed by atoms with Gasteiger partial charge in [-0.1, -0.05) is 23.7 Å². The lowest BCUT2D eigenvalue weighted by Crippen LogP contribution is -2.56. The van der Waals surface area contributed by atoms with Gasteiger partial charge in [-0.15, -0.1) is 0 Å². The summed E-state index contributed by atoms with van der Waals surface area (Å²) in [5.74, 6) is -0.827. The zero-order valence-corrected chi connectivity index (χ0v) is 11.1. The first kappa shape index (κ1) is 13.3. The number of carbonyl (C=O) groups is 1. The molecule has 1 atom stereocenters. The van der Waals surface area contributed by atoms with Crippen LogP contribution in [0.3, 0.4) is 0 Å². The van der Waals surface area contributed by atoms with Crippen molar-refractivity contribution in [2.75, 3.05) is 26.2 Å². The molecule has 1 unspecified atom stereocenters. The van der Waals surface area contributed by atoms with Crippen molar-refractivity contribution in [1.29, 1.82) is 0 Å². The van der Waals surface area contributed by atoms with E-state index in [4.69, 9.17) is 11.6 Å². The van der Waals surface area contributed by atoms with Crippen molar-refractivity contribution in [3.05, 3.63) is 34.9 Å². The third kappa shape index (κ3) is 2.36. The fourth-order valence-corrected chi connectivity index (χ4v) is 2.45. The van der Waals surface area contributed by atoms with E-state index in [1.807, 2.05) is 4.90 Å². The predicted molar refractivity (Wildman–Crippen MR) is 70.9 cm³/mol. The minimum atomic E-state index is -0.993. The molecule has 1 aromatic carbocycles. The van der Waals surface area contributed by atoms with Crippen molar-refractivity contribution in [3.8, 4) is 0 Å². The minimum Gasteiger partial charge on any atom is -0.480 e. The van der Waals surface area contributed by atoms with E-state index in [1.54, 1.807) is 31.2 Å². The lowest BCUT2D eigenvalue weighted by Gasteiger charge is -2.40. The van der Waals surface area contributed by atoms with E-state index in [9.17, 15) is 9.90 Å². The van der Waals surface area contributed by atoms with Gasteiger partial charge < -0.3 is 10.4 Å². The number of nitrogens with one attached hydrogen (secondary N) is 1. The highest BCUT2D eigenvalue weighted by molar-refractivity contribution is 6.30. The number of piperazine rings is 1. The Morgan fingerprint density at radius 3 is 2.39 bits per heavy atom. The first-order valence-electron chi connectivity index (χ1n) is 6.00. The monoisotopic (exact) mass is 268 g/mol.